The third kappa shape index (κ3) is 4.52. The fraction of sp³-hybridized carbons (Fsp3) is 0.348. The molecule has 0 radical (unpaired) electrons. The number of rotatable bonds is 7. The van der Waals surface area contributed by atoms with Crippen LogP contribution in [-0.2, 0) is 11.3 Å². The Balaban J connectivity index is 1.41. The molecule has 30 heavy (non-hydrogen) atoms. The van der Waals surface area contributed by atoms with Gasteiger partial charge in [0.25, 0.3) is 5.56 Å². The summed E-state index contributed by atoms with van der Waals surface area (Å²) in [7, 11) is 0. The second kappa shape index (κ2) is 9.36. The van der Waals surface area contributed by atoms with Crippen LogP contribution in [0.1, 0.15) is 30.9 Å². The first-order valence-corrected chi connectivity index (χ1v) is 10.8. The monoisotopic (exact) mass is 422 g/mol. The molecule has 0 saturated carbocycles. The standard InChI is InChI=1S/C23H26N4O2S/c28-21(12-15-27-22(29)18-10-4-5-11-19(18)25-23(27)30)24-16-20(26-13-6-7-14-26)17-8-2-1-3-9-17/h1-5,8-11,20H,6-7,12-16H2,(H,24,28)(H,25,30). The molecule has 1 unspecified atom stereocenters. The second-order valence-corrected chi connectivity index (χ2v) is 8.04. The van der Waals surface area contributed by atoms with Gasteiger partial charge in [-0.2, -0.15) is 0 Å². The van der Waals surface area contributed by atoms with E-state index in [0.717, 1.165) is 13.1 Å². The smallest absolute Gasteiger partial charge is 0.262 e. The van der Waals surface area contributed by atoms with Gasteiger partial charge in [0, 0.05) is 19.5 Å². The second-order valence-electron chi connectivity index (χ2n) is 7.66. The molecule has 6 nitrogen and oxygen atoms in total. The molecular weight excluding hydrogens is 396 g/mol. The molecule has 0 spiro atoms. The molecule has 0 aliphatic carbocycles. The molecule has 3 aromatic rings. The van der Waals surface area contributed by atoms with Gasteiger partial charge < -0.3 is 10.3 Å². The number of para-hydroxylation sites is 1. The van der Waals surface area contributed by atoms with E-state index in [1.807, 2.05) is 36.4 Å². The molecule has 2 N–H and O–H groups in total. The number of nitrogens with zero attached hydrogens (tertiary/aromatic N) is 2. The third-order valence-electron chi connectivity index (χ3n) is 5.71. The van der Waals surface area contributed by atoms with Crippen molar-refractivity contribution in [3.05, 3.63) is 75.3 Å². The predicted molar refractivity (Wildman–Crippen MR) is 121 cm³/mol. The fourth-order valence-electron chi connectivity index (χ4n) is 4.10. The lowest BCUT2D eigenvalue weighted by atomic mass is 10.1. The number of likely N-dealkylation sites (tertiary alicyclic amines) is 1. The van der Waals surface area contributed by atoms with E-state index in [1.54, 1.807) is 6.07 Å². The molecule has 1 aromatic heterocycles. The van der Waals surface area contributed by atoms with E-state index >= 15 is 0 Å². The zero-order valence-corrected chi connectivity index (χ0v) is 17.7. The highest BCUT2D eigenvalue weighted by Crippen LogP contribution is 2.24. The van der Waals surface area contributed by atoms with Crippen molar-refractivity contribution in [3.63, 3.8) is 0 Å². The van der Waals surface area contributed by atoms with E-state index < -0.39 is 0 Å². The summed E-state index contributed by atoms with van der Waals surface area (Å²) in [4.78, 5) is 30.8. The van der Waals surface area contributed by atoms with Gasteiger partial charge in [-0.1, -0.05) is 42.5 Å². The van der Waals surface area contributed by atoms with Crippen molar-refractivity contribution in [2.45, 2.75) is 31.8 Å². The molecule has 2 aromatic carbocycles. The SMILES string of the molecule is O=C(CCn1c(=S)[nH]c2ccccc2c1=O)NCC(c1ccccc1)N1CCCC1. The van der Waals surface area contributed by atoms with Crippen molar-refractivity contribution in [1.82, 2.24) is 19.8 Å². The van der Waals surface area contributed by atoms with Crippen LogP contribution in [0.3, 0.4) is 0 Å². The van der Waals surface area contributed by atoms with E-state index in [2.05, 4.69) is 27.3 Å². The van der Waals surface area contributed by atoms with Crippen molar-refractivity contribution in [3.8, 4) is 0 Å². The van der Waals surface area contributed by atoms with Crippen LogP contribution >= 0.6 is 12.2 Å². The van der Waals surface area contributed by atoms with Gasteiger partial charge in [0.1, 0.15) is 0 Å². The minimum Gasteiger partial charge on any atom is -0.354 e. The fourth-order valence-corrected chi connectivity index (χ4v) is 4.38. The van der Waals surface area contributed by atoms with Crippen LogP contribution in [-0.4, -0.2) is 40.0 Å². The zero-order valence-electron chi connectivity index (χ0n) is 16.8. The number of benzene rings is 2. The Morgan fingerprint density at radius 2 is 1.77 bits per heavy atom. The van der Waals surface area contributed by atoms with Crippen LogP contribution in [0.4, 0.5) is 0 Å². The number of carbonyl (C=O) groups is 1. The van der Waals surface area contributed by atoms with Gasteiger partial charge >= 0.3 is 0 Å². The van der Waals surface area contributed by atoms with Crippen molar-refractivity contribution in [1.29, 1.82) is 0 Å². The summed E-state index contributed by atoms with van der Waals surface area (Å²) in [5.74, 6) is -0.0791. The summed E-state index contributed by atoms with van der Waals surface area (Å²) in [5.41, 5.74) is 1.76. The van der Waals surface area contributed by atoms with Crippen molar-refractivity contribution in [2.75, 3.05) is 19.6 Å². The van der Waals surface area contributed by atoms with Gasteiger partial charge in [-0.05, 0) is 55.8 Å². The first kappa shape index (κ1) is 20.5. The number of hydrogen-bond acceptors (Lipinski definition) is 4. The van der Waals surface area contributed by atoms with E-state index in [1.165, 1.54) is 23.0 Å². The molecule has 1 atom stereocenters. The van der Waals surface area contributed by atoms with Crippen molar-refractivity contribution < 1.29 is 4.79 Å². The van der Waals surface area contributed by atoms with E-state index in [4.69, 9.17) is 12.2 Å². The number of nitrogens with one attached hydrogen (secondary N) is 2. The Labute approximate surface area is 180 Å². The maximum absolute atomic E-state index is 12.7. The molecule has 0 bridgehead atoms. The normalized spacial score (nSPS) is 15.3. The number of fused-ring (bicyclic) bond motifs is 1. The number of amides is 1. The summed E-state index contributed by atoms with van der Waals surface area (Å²) in [6.45, 7) is 2.92. The van der Waals surface area contributed by atoms with Crippen LogP contribution in [0.15, 0.2) is 59.4 Å². The molecule has 1 amide bonds. The maximum Gasteiger partial charge on any atom is 0.262 e. The lowest BCUT2D eigenvalue weighted by Gasteiger charge is -2.28. The average molecular weight is 423 g/mol. The van der Waals surface area contributed by atoms with Crippen molar-refractivity contribution in [2.24, 2.45) is 0 Å². The Bertz CT molecular complexity index is 1130. The molecule has 7 heteroatoms. The average Bonchev–Trinajstić information content (AvgIpc) is 3.29. The molecule has 4 rings (SSSR count). The summed E-state index contributed by atoms with van der Waals surface area (Å²) < 4.78 is 1.80. The number of H-pyrrole nitrogens is 1. The lowest BCUT2D eigenvalue weighted by molar-refractivity contribution is -0.121. The highest BCUT2D eigenvalue weighted by atomic mass is 32.1. The minimum absolute atomic E-state index is 0.0791. The molecule has 1 fully saturated rings. The van der Waals surface area contributed by atoms with E-state index in [0.29, 0.717) is 22.2 Å². The lowest BCUT2D eigenvalue weighted by Crippen LogP contribution is -2.37. The summed E-state index contributed by atoms with van der Waals surface area (Å²) in [5, 5.41) is 3.64. The Hall–Kier alpha value is -2.77. The first-order chi connectivity index (χ1) is 14.6. The van der Waals surface area contributed by atoms with Gasteiger partial charge in [-0.25, -0.2) is 0 Å². The molecule has 1 aliphatic rings. The van der Waals surface area contributed by atoms with Gasteiger partial charge in [-0.15, -0.1) is 0 Å². The Morgan fingerprint density at radius 3 is 2.53 bits per heavy atom. The van der Waals surface area contributed by atoms with Gasteiger partial charge in [0.2, 0.25) is 5.91 Å². The topological polar surface area (TPSA) is 70.1 Å². The molecular formula is C23H26N4O2S. The summed E-state index contributed by atoms with van der Waals surface area (Å²) >= 11 is 5.33. The van der Waals surface area contributed by atoms with Gasteiger partial charge in [-0.3, -0.25) is 19.1 Å². The van der Waals surface area contributed by atoms with Crippen LogP contribution in [0, 0.1) is 4.77 Å². The van der Waals surface area contributed by atoms with Crippen LogP contribution in [0.2, 0.25) is 0 Å². The highest BCUT2D eigenvalue weighted by molar-refractivity contribution is 7.71. The number of carbonyl (C=O) groups excluding carboxylic acids is 1. The number of aromatic amines is 1. The van der Waals surface area contributed by atoms with Gasteiger partial charge in [0.05, 0.1) is 16.9 Å². The minimum atomic E-state index is -0.165. The van der Waals surface area contributed by atoms with Crippen molar-refractivity contribution >= 4 is 29.0 Å². The largest absolute Gasteiger partial charge is 0.354 e. The Kier molecular flexibility index (Phi) is 6.40. The van der Waals surface area contributed by atoms with E-state index in [9.17, 15) is 9.59 Å². The zero-order chi connectivity index (χ0) is 20.9. The quantitative estimate of drug-likeness (QED) is 0.573. The first-order valence-electron chi connectivity index (χ1n) is 10.4. The molecule has 156 valence electrons. The van der Waals surface area contributed by atoms with Crippen LogP contribution in [0.25, 0.3) is 10.9 Å². The van der Waals surface area contributed by atoms with Crippen LogP contribution in [0.5, 0.6) is 0 Å². The third-order valence-corrected chi connectivity index (χ3v) is 6.03. The van der Waals surface area contributed by atoms with Gasteiger partial charge in [0.15, 0.2) is 4.77 Å². The molecule has 2 heterocycles. The predicted octanol–water partition coefficient (Wildman–Crippen LogP) is 3.40. The highest BCUT2D eigenvalue weighted by Gasteiger charge is 2.23. The molecule has 1 saturated heterocycles. The molecule has 1 aliphatic heterocycles. The number of aromatic nitrogens is 2. The maximum atomic E-state index is 12.7. The summed E-state index contributed by atoms with van der Waals surface area (Å²) in [6, 6.07) is 17.7. The number of hydrogen-bond donors (Lipinski definition) is 2. The Morgan fingerprint density at radius 1 is 1.07 bits per heavy atom. The summed E-state index contributed by atoms with van der Waals surface area (Å²) in [6.07, 6.45) is 2.60. The van der Waals surface area contributed by atoms with Crippen LogP contribution < -0.4 is 10.9 Å². The van der Waals surface area contributed by atoms with E-state index in [-0.39, 0.29) is 30.5 Å².